The van der Waals surface area contributed by atoms with Crippen molar-refractivity contribution >= 4 is 21.1 Å². The van der Waals surface area contributed by atoms with E-state index < -0.39 is 39.8 Å². The van der Waals surface area contributed by atoms with Crippen LogP contribution >= 0.6 is 0 Å². The average molecular weight is 415 g/mol. The highest BCUT2D eigenvalue weighted by atomic mass is 32.2. The van der Waals surface area contributed by atoms with E-state index in [1.807, 2.05) is 0 Å². The van der Waals surface area contributed by atoms with Crippen molar-refractivity contribution in [2.24, 2.45) is 0 Å². The number of ether oxygens (including phenoxy) is 1. The van der Waals surface area contributed by atoms with Gasteiger partial charge in [0, 0.05) is 12.1 Å². The molecule has 0 unspecified atom stereocenters. The number of hydrogen-bond donors (Lipinski definition) is 3. The zero-order valence-electron chi connectivity index (χ0n) is 13.8. The van der Waals surface area contributed by atoms with E-state index in [1.165, 1.54) is 30.3 Å². The number of halogens is 3. The summed E-state index contributed by atoms with van der Waals surface area (Å²) in [6.45, 7) is -0.464. The van der Waals surface area contributed by atoms with Gasteiger partial charge in [-0.05, 0) is 24.3 Å². The van der Waals surface area contributed by atoms with Crippen LogP contribution in [0.25, 0.3) is 11.0 Å². The maximum absolute atomic E-state index is 12.5. The largest absolute Gasteiger partial charge is 0.573 e. The quantitative estimate of drug-likeness (QED) is 0.547. The molecule has 3 aromatic rings. The number of para-hydroxylation sites is 1. The molecule has 0 fully saturated rings. The van der Waals surface area contributed by atoms with Crippen molar-refractivity contribution in [1.82, 2.24) is 14.7 Å². The number of alkyl halides is 3. The molecule has 0 aliphatic rings. The molecule has 148 valence electrons. The van der Waals surface area contributed by atoms with E-state index in [4.69, 9.17) is 0 Å². The number of hydrogen-bond acceptors (Lipinski definition) is 5. The lowest BCUT2D eigenvalue weighted by Gasteiger charge is -2.14. The average Bonchev–Trinajstić information content (AvgIpc) is 2.60. The maximum atomic E-state index is 12.5. The fraction of sp³-hybridized carbons (Fsp3) is 0.125. The molecule has 0 bridgehead atoms. The molecule has 28 heavy (non-hydrogen) atoms. The molecule has 8 nitrogen and oxygen atoms in total. The molecule has 0 radical (unpaired) electrons. The van der Waals surface area contributed by atoms with Gasteiger partial charge in [-0.1, -0.05) is 18.2 Å². The van der Waals surface area contributed by atoms with E-state index in [0.717, 1.165) is 12.1 Å². The van der Waals surface area contributed by atoms with Crippen molar-refractivity contribution < 1.29 is 26.3 Å². The topological polar surface area (TPSA) is 121 Å². The number of nitrogens with one attached hydrogen (secondary N) is 3. The van der Waals surface area contributed by atoms with Crippen LogP contribution in [0.2, 0.25) is 0 Å². The van der Waals surface area contributed by atoms with E-state index in [0.29, 0.717) is 0 Å². The van der Waals surface area contributed by atoms with E-state index in [1.54, 1.807) is 0 Å². The zero-order valence-corrected chi connectivity index (χ0v) is 14.6. The van der Waals surface area contributed by atoms with Crippen molar-refractivity contribution in [2.75, 3.05) is 0 Å². The number of aromatic amines is 2. The number of aromatic nitrogens is 2. The van der Waals surface area contributed by atoms with Crippen LogP contribution in [0.15, 0.2) is 56.9 Å². The molecule has 3 rings (SSSR count). The van der Waals surface area contributed by atoms with E-state index in [-0.39, 0.29) is 21.5 Å². The first-order valence-corrected chi connectivity index (χ1v) is 9.13. The molecule has 2 aromatic carbocycles. The summed E-state index contributed by atoms with van der Waals surface area (Å²) in [6.07, 6.45) is -4.92. The Morgan fingerprint density at radius 2 is 1.61 bits per heavy atom. The summed E-state index contributed by atoms with van der Waals surface area (Å²) >= 11 is 0. The predicted molar refractivity (Wildman–Crippen MR) is 92.3 cm³/mol. The van der Waals surface area contributed by atoms with Gasteiger partial charge in [0.1, 0.15) is 5.75 Å². The highest BCUT2D eigenvalue weighted by Crippen LogP contribution is 2.26. The van der Waals surface area contributed by atoms with E-state index >= 15 is 0 Å². The monoisotopic (exact) mass is 415 g/mol. The molecule has 0 aliphatic heterocycles. The SMILES string of the molecule is O=c1[nH]c2ccc(S(=O)(=O)NCc3ccccc3OC(F)(F)F)cc2[nH]c1=O. The molecule has 0 saturated carbocycles. The van der Waals surface area contributed by atoms with Gasteiger partial charge in [-0.3, -0.25) is 9.59 Å². The van der Waals surface area contributed by atoms with Gasteiger partial charge in [-0.2, -0.15) is 0 Å². The summed E-state index contributed by atoms with van der Waals surface area (Å²) < 4.78 is 68.3. The maximum Gasteiger partial charge on any atom is 0.573 e. The number of benzene rings is 2. The van der Waals surface area contributed by atoms with Crippen molar-refractivity contribution in [2.45, 2.75) is 17.8 Å². The van der Waals surface area contributed by atoms with Crippen molar-refractivity contribution in [3.63, 3.8) is 0 Å². The summed E-state index contributed by atoms with van der Waals surface area (Å²) in [7, 11) is -4.13. The molecule has 12 heteroatoms. The molecule has 0 spiro atoms. The number of sulfonamides is 1. The minimum atomic E-state index is -4.92. The lowest BCUT2D eigenvalue weighted by atomic mass is 10.2. The first-order valence-electron chi connectivity index (χ1n) is 7.65. The van der Waals surface area contributed by atoms with Crippen LogP contribution in [0.1, 0.15) is 5.56 Å². The smallest absolute Gasteiger partial charge is 0.405 e. The number of H-pyrrole nitrogens is 2. The van der Waals surface area contributed by atoms with Crippen LogP contribution in [-0.4, -0.2) is 24.7 Å². The lowest BCUT2D eigenvalue weighted by molar-refractivity contribution is -0.274. The Labute approximate surface area is 155 Å². The summed E-state index contributed by atoms with van der Waals surface area (Å²) in [5.41, 5.74) is -1.57. The first kappa shape index (κ1) is 19.6. The Kier molecular flexibility index (Phi) is 5.00. The summed E-state index contributed by atoms with van der Waals surface area (Å²) in [5.74, 6) is -0.530. The molecule has 3 N–H and O–H groups in total. The Morgan fingerprint density at radius 3 is 2.29 bits per heavy atom. The Morgan fingerprint density at radius 1 is 0.964 bits per heavy atom. The van der Waals surface area contributed by atoms with Gasteiger partial charge in [0.25, 0.3) is 0 Å². The van der Waals surface area contributed by atoms with Gasteiger partial charge in [-0.25, -0.2) is 13.1 Å². The molecule has 0 saturated heterocycles. The third kappa shape index (κ3) is 4.40. The minimum Gasteiger partial charge on any atom is -0.405 e. The molecule has 0 aliphatic carbocycles. The Bertz CT molecular complexity index is 1250. The molecule has 1 aromatic heterocycles. The second-order valence-electron chi connectivity index (χ2n) is 5.60. The van der Waals surface area contributed by atoms with Gasteiger partial charge in [0.2, 0.25) is 10.0 Å². The summed E-state index contributed by atoms with van der Waals surface area (Å²) in [6, 6.07) is 8.68. The number of rotatable bonds is 5. The zero-order chi connectivity index (χ0) is 20.5. The predicted octanol–water partition coefficient (Wildman–Crippen LogP) is 1.59. The van der Waals surface area contributed by atoms with Crippen molar-refractivity contribution in [1.29, 1.82) is 0 Å². The Balaban J connectivity index is 1.87. The molecule has 0 atom stereocenters. The Hall–Kier alpha value is -3.12. The van der Waals surface area contributed by atoms with E-state index in [9.17, 15) is 31.2 Å². The normalized spacial score (nSPS) is 12.2. The van der Waals surface area contributed by atoms with Crippen molar-refractivity contribution in [3.05, 3.63) is 68.7 Å². The standard InChI is InChI=1S/C16H12F3N3O5S/c17-16(18,19)27-13-4-2-1-3-9(13)8-20-28(25,26)10-5-6-11-12(7-10)22-15(24)14(23)21-11/h1-7,20H,8H2,(H,21,23)(H,22,24). The van der Waals surface area contributed by atoms with Crippen LogP contribution in [0.3, 0.4) is 0 Å². The third-order valence-electron chi connectivity index (χ3n) is 3.65. The fourth-order valence-electron chi connectivity index (χ4n) is 2.39. The van der Waals surface area contributed by atoms with Gasteiger partial charge >= 0.3 is 17.5 Å². The fourth-order valence-corrected chi connectivity index (χ4v) is 3.42. The van der Waals surface area contributed by atoms with Gasteiger partial charge in [-0.15, -0.1) is 13.2 Å². The van der Waals surface area contributed by atoms with Crippen molar-refractivity contribution in [3.8, 4) is 5.75 Å². The van der Waals surface area contributed by atoms with Gasteiger partial charge < -0.3 is 14.7 Å². The van der Waals surface area contributed by atoms with E-state index in [2.05, 4.69) is 19.4 Å². The van der Waals surface area contributed by atoms with Crippen LogP contribution in [0.4, 0.5) is 13.2 Å². The molecular weight excluding hydrogens is 403 g/mol. The molecular formula is C16H12F3N3O5S. The van der Waals surface area contributed by atoms with Crippen LogP contribution in [0, 0.1) is 0 Å². The summed E-state index contributed by atoms with van der Waals surface area (Å²) in [4.78, 5) is 26.9. The van der Waals surface area contributed by atoms with Gasteiger partial charge in [0.15, 0.2) is 0 Å². The third-order valence-corrected chi connectivity index (χ3v) is 5.05. The highest BCUT2D eigenvalue weighted by Gasteiger charge is 2.32. The highest BCUT2D eigenvalue weighted by molar-refractivity contribution is 7.89. The van der Waals surface area contributed by atoms with Crippen LogP contribution in [-0.2, 0) is 16.6 Å². The first-order chi connectivity index (χ1) is 13.0. The van der Waals surface area contributed by atoms with Crippen LogP contribution < -0.4 is 20.6 Å². The van der Waals surface area contributed by atoms with Gasteiger partial charge in [0.05, 0.1) is 15.9 Å². The second-order valence-corrected chi connectivity index (χ2v) is 7.36. The summed E-state index contributed by atoms with van der Waals surface area (Å²) in [5, 5.41) is 0. The minimum absolute atomic E-state index is 0.0260. The van der Waals surface area contributed by atoms with Crippen LogP contribution in [0.5, 0.6) is 5.75 Å². The lowest BCUT2D eigenvalue weighted by Crippen LogP contribution is -2.29. The molecule has 0 amide bonds. The second kappa shape index (κ2) is 7.13. The molecule has 1 heterocycles. The number of fused-ring (bicyclic) bond motifs is 1.